The molecule has 0 amide bonds. The van der Waals surface area contributed by atoms with Gasteiger partial charge in [-0.15, -0.1) is 0 Å². The van der Waals surface area contributed by atoms with Gasteiger partial charge in [0.1, 0.15) is 0 Å². The molecule has 2 unspecified atom stereocenters. The molecule has 2 atom stereocenters. The molecule has 0 fully saturated rings. The van der Waals surface area contributed by atoms with Gasteiger partial charge in [0.15, 0.2) is 0 Å². The summed E-state index contributed by atoms with van der Waals surface area (Å²) in [5.41, 5.74) is 1.63. The Balaban J connectivity index is 2.40. The van der Waals surface area contributed by atoms with E-state index in [0.717, 1.165) is 13.1 Å². The minimum atomic E-state index is 0.208. The van der Waals surface area contributed by atoms with Crippen molar-refractivity contribution in [3.63, 3.8) is 0 Å². The highest BCUT2D eigenvalue weighted by molar-refractivity contribution is 7.07. The first-order valence-electron chi connectivity index (χ1n) is 6.76. The average molecular weight is 268 g/mol. The van der Waals surface area contributed by atoms with Crippen LogP contribution in [-0.2, 0) is 6.54 Å². The maximum Gasteiger partial charge on any atom is 0.0241 e. The van der Waals surface area contributed by atoms with Crippen LogP contribution in [-0.4, -0.2) is 30.1 Å². The zero-order valence-corrected chi connectivity index (χ0v) is 13.5. The summed E-state index contributed by atoms with van der Waals surface area (Å²) in [4.78, 5) is 2.44. The molecule has 1 aromatic heterocycles. The Morgan fingerprint density at radius 3 is 2.50 bits per heavy atom. The van der Waals surface area contributed by atoms with E-state index in [1.807, 2.05) is 0 Å². The Morgan fingerprint density at radius 2 is 2.00 bits per heavy atom. The molecular formula is C15H28N2S. The van der Waals surface area contributed by atoms with Crippen molar-refractivity contribution in [3.8, 4) is 0 Å². The van der Waals surface area contributed by atoms with Crippen LogP contribution in [0.25, 0.3) is 0 Å². The molecule has 0 aliphatic carbocycles. The van der Waals surface area contributed by atoms with Gasteiger partial charge >= 0.3 is 0 Å². The summed E-state index contributed by atoms with van der Waals surface area (Å²) in [6.45, 7) is 13.4. The van der Waals surface area contributed by atoms with E-state index in [9.17, 15) is 0 Å². The van der Waals surface area contributed by atoms with Gasteiger partial charge in [0.25, 0.3) is 0 Å². The van der Waals surface area contributed by atoms with Gasteiger partial charge in [-0.2, -0.15) is 11.3 Å². The van der Waals surface area contributed by atoms with E-state index in [-0.39, 0.29) is 5.54 Å². The molecule has 0 saturated heterocycles. The fraction of sp³-hybridized carbons (Fsp3) is 0.733. The van der Waals surface area contributed by atoms with Crippen molar-refractivity contribution in [3.05, 3.63) is 22.4 Å². The van der Waals surface area contributed by atoms with Gasteiger partial charge in [0.05, 0.1) is 0 Å². The standard InChI is InChI=1S/C15H28N2S/c1-12(9-16-15(3,4)5)13(2)17(6)10-14-7-8-18-11-14/h7-8,11-13,16H,9-10H2,1-6H3. The molecule has 0 aromatic carbocycles. The van der Waals surface area contributed by atoms with E-state index in [1.54, 1.807) is 11.3 Å². The SMILES string of the molecule is CC(CNC(C)(C)C)C(C)N(C)Cc1ccsc1. The van der Waals surface area contributed by atoms with Crippen LogP contribution in [0.1, 0.15) is 40.2 Å². The van der Waals surface area contributed by atoms with Crippen LogP contribution in [0.3, 0.4) is 0 Å². The number of nitrogens with one attached hydrogen (secondary N) is 1. The summed E-state index contributed by atoms with van der Waals surface area (Å²) in [7, 11) is 2.22. The Bertz CT molecular complexity index is 327. The first-order valence-corrected chi connectivity index (χ1v) is 7.70. The van der Waals surface area contributed by atoms with Gasteiger partial charge in [-0.05, 0) is 69.6 Å². The summed E-state index contributed by atoms with van der Waals surface area (Å²) in [6, 6.07) is 2.80. The zero-order chi connectivity index (χ0) is 13.8. The molecule has 1 rings (SSSR count). The van der Waals surface area contributed by atoms with Gasteiger partial charge in [-0.3, -0.25) is 4.90 Å². The van der Waals surface area contributed by atoms with E-state index < -0.39 is 0 Å². The van der Waals surface area contributed by atoms with Crippen molar-refractivity contribution < 1.29 is 0 Å². The van der Waals surface area contributed by atoms with Crippen LogP contribution in [0.15, 0.2) is 16.8 Å². The minimum absolute atomic E-state index is 0.208. The predicted octanol–water partition coefficient (Wildman–Crippen LogP) is 3.59. The van der Waals surface area contributed by atoms with Crippen molar-refractivity contribution in [2.45, 2.75) is 52.7 Å². The molecule has 0 radical (unpaired) electrons. The molecule has 104 valence electrons. The highest BCUT2D eigenvalue weighted by atomic mass is 32.1. The van der Waals surface area contributed by atoms with Crippen molar-refractivity contribution in [2.24, 2.45) is 5.92 Å². The lowest BCUT2D eigenvalue weighted by Crippen LogP contribution is -2.44. The molecule has 0 spiro atoms. The molecule has 0 bridgehead atoms. The van der Waals surface area contributed by atoms with E-state index in [2.05, 4.69) is 68.7 Å². The third-order valence-corrected chi connectivity index (χ3v) is 4.22. The molecule has 1 N–H and O–H groups in total. The van der Waals surface area contributed by atoms with Crippen LogP contribution < -0.4 is 5.32 Å². The summed E-state index contributed by atoms with van der Waals surface area (Å²) in [5.74, 6) is 0.646. The second kappa shape index (κ2) is 6.69. The monoisotopic (exact) mass is 268 g/mol. The second-order valence-electron chi connectivity index (χ2n) is 6.40. The molecule has 18 heavy (non-hydrogen) atoms. The fourth-order valence-corrected chi connectivity index (χ4v) is 2.55. The number of thiophene rings is 1. The second-order valence-corrected chi connectivity index (χ2v) is 7.18. The van der Waals surface area contributed by atoms with Crippen LogP contribution in [0.4, 0.5) is 0 Å². The van der Waals surface area contributed by atoms with Crippen LogP contribution in [0.2, 0.25) is 0 Å². The molecule has 0 aliphatic rings. The largest absolute Gasteiger partial charge is 0.312 e. The van der Waals surface area contributed by atoms with Crippen molar-refractivity contribution in [1.29, 1.82) is 0 Å². The third kappa shape index (κ3) is 5.51. The number of rotatable bonds is 6. The summed E-state index contributed by atoms with van der Waals surface area (Å²) < 4.78 is 0. The maximum atomic E-state index is 3.59. The lowest BCUT2D eigenvalue weighted by molar-refractivity contribution is 0.182. The Kier molecular flexibility index (Phi) is 5.83. The molecule has 2 nitrogen and oxygen atoms in total. The summed E-state index contributed by atoms with van der Waals surface area (Å²) >= 11 is 1.78. The lowest BCUT2D eigenvalue weighted by Gasteiger charge is -2.32. The number of hydrogen-bond acceptors (Lipinski definition) is 3. The quantitative estimate of drug-likeness (QED) is 0.848. The highest BCUT2D eigenvalue weighted by Crippen LogP contribution is 2.15. The molecular weight excluding hydrogens is 240 g/mol. The Hall–Kier alpha value is -0.380. The third-order valence-electron chi connectivity index (χ3n) is 3.49. The fourth-order valence-electron chi connectivity index (χ4n) is 1.89. The minimum Gasteiger partial charge on any atom is -0.312 e. The Morgan fingerprint density at radius 1 is 1.33 bits per heavy atom. The number of hydrogen-bond donors (Lipinski definition) is 1. The van der Waals surface area contributed by atoms with Gasteiger partial charge in [0, 0.05) is 18.1 Å². The van der Waals surface area contributed by atoms with Gasteiger partial charge in [0.2, 0.25) is 0 Å². The summed E-state index contributed by atoms with van der Waals surface area (Å²) in [5, 5.41) is 7.98. The highest BCUT2D eigenvalue weighted by Gasteiger charge is 2.19. The van der Waals surface area contributed by atoms with Crippen LogP contribution >= 0.6 is 11.3 Å². The smallest absolute Gasteiger partial charge is 0.0241 e. The maximum absolute atomic E-state index is 3.59. The first kappa shape index (κ1) is 15.7. The van der Waals surface area contributed by atoms with E-state index in [0.29, 0.717) is 12.0 Å². The van der Waals surface area contributed by atoms with Gasteiger partial charge in [-0.25, -0.2) is 0 Å². The van der Waals surface area contributed by atoms with E-state index >= 15 is 0 Å². The molecule has 1 heterocycles. The molecule has 1 aromatic rings. The first-order chi connectivity index (χ1) is 8.29. The van der Waals surface area contributed by atoms with Crippen LogP contribution in [0, 0.1) is 5.92 Å². The van der Waals surface area contributed by atoms with Crippen molar-refractivity contribution >= 4 is 11.3 Å². The van der Waals surface area contributed by atoms with E-state index in [1.165, 1.54) is 5.56 Å². The molecule has 0 aliphatic heterocycles. The Labute approximate surface area is 116 Å². The topological polar surface area (TPSA) is 15.3 Å². The predicted molar refractivity (Wildman–Crippen MR) is 82.2 cm³/mol. The van der Waals surface area contributed by atoms with E-state index in [4.69, 9.17) is 0 Å². The number of nitrogens with zero attached hydrogens (tertiary/aromatic N) is 1. The lowest BCUT2D eigenvalue weighted by atomic mass is 10.00. The summed E-state index contributed by atoms with van der Waals surface area (Å²) in [6.07, 6.45) is 0. The van der Waals surface area contributed by atoms with Gasteiger partial charge in [-0.1, -0.05) is 6.92 Å². The zero-order valence-electron chi connectivity index (χ0n) is 12.7. The van der Waals surface area contributed by atoms with Crippen molar-refractivity contribution in [2.75, 3.05) is 13.6 Å². The normalized spacial score (nSPS) is 15.9. The average Bonchev–Trinajstić information content (AvgIpc) is 2.76. The van der Waals surface area contributed by atoms with Gasteiger partial charge < -0.3 is 5.32 Å². The van der Waals surface area contributed by atoms with Crippen molar-refractivity contribution in [1.82, 2.24) is 10.2 Å². The van der Waals surface area contributed by atoms with Crippen LogP contribution in [0.5, 0.6) is 0 Å². The molecule has 3 heteroatoms. The molecule has 0 saturated carbocycles.